The van der Waals surface area contributed by atoms with Crippen LogP contribution in [0.3, 0.4) is 0 Å². The molecule has 10 heteroatoms. The summed E-state index contributed by atoms with van der Waals surface area (Å²) in [5, 5.41) is 8.07. The number of aryl methyl sites for hydroxylation is 3. The van der Waals surface area contributed by atoms with Crippen LogP contribution in [0, 0.1) is 19.8 Å². The molecular formula is C23H29N5O4S. The summed E-state index contributed by atoms with van der Waals surface area (Å²) in [5.41, 5.74) is 2.62. The van der Waals surface area contributed by atoms with Crippen molar-refractivity contribution in [2.24, 2.45) is 13.0 Å². The summed E-state index contributed by atoms with van der Waals surface area (Å²) in [6, 6.07) is 10.4. The summed E-state index contributed by atoms with van der Waals surface area (Å²) in [6.07, 6.45) is 1.39. The average molecular weight is 472 g/mol. The molecule has 176 valence electrons. The molecule has 1 saturated heterocycles. The normalized spacial score (nSPS) is 15.6. The molecule has 0 unspecified atom stereocenters. The molecule has 0 spiro atoms. The Balaban J connectivity index is 1.27. The number of amides is 1. The Kier molecular flexibility index (Phi) is 6.66. The van der Waals surface area contributed by atoms with E-state index >= 15 is 0 Å². The Labute approximate surface area is 193 Å². The number of piperidine rings is 1. The lowest BCUT2D eigenvalue weighted by Crippen LogP contribution is -2.42. The number of carbonyl (C=O) groups is 1. The lowest BCUT2D eigenvalue weighted by molar-refractivity contribution is -0.123. The molecule has 1 aliphatic rings. The Morgan fingerprint density at radius 3 is 2.58 bits per heavy atom. The Bertz CT molecular complexity index is 1250. The van der Waals surface area contributed by atoms with Gasteiger partial charge in [0.15, 0.2) is 12.3 Å². The standard InChI is InChI=1S/C23H29N5O4S/c1-16-13-17(2)25-22-21(16)23(26-27(22)3)32-15-20(29)24-14-18-9-11-28(12-10-18)33(30,31)19-7-5-4-6-8-19/h4-8,13,18H,9-12,14-15H2,1-3H3,(H,24,29). The van der Waals surface area contributed by atoms with Crippen LogP contribution in [0.4, 0.5) is 0 Å². The van der Waals surface area contributed by atoms with E-state index in [0.717, 1.165) is 22.3 Å². The van der Waals surface area contributed by atoms with Gasteiger partial charge in [-0.25, -0.2) is 18.1 Å². The molecule has 1 amide bonds. The number of ether oxygens (including phenoxy) is 1. The fourth-order valence-electron chi connectivity index (χ4n) is 4.19. The summed E-state index contributed by atoms with van der Waals surface area (Å²) in [5.74, 6) is 0.388. The largest absolute Gasteiger partial charge is 0.466 e. The van der Waals surface area contributed by atoms with Crippen LogP contribution in [0.15, 0.2) is 41.3 Å². The van der Waals surface area contributed by atoms with Crippen molar-refractivity contribution in [3.05, 3.63) is 47.7 Å². The van der Waals surface area contributed by atoms with E-state index in [1.54, 1.807) is 42.1 Å². The van der Waals surface area contributed by atoms with Crippen molar-refractivity contribution in [1.82, 2.24) is 24.4 Å². The first-order valence-corrected chi connectivity index (χ1v) is 12.5. The predicted molar refractivity (Wildman–Crippen MR) is 124 cm³/mol. The number of nitrogens with zero attached hydrogens (tertiary/aromatic N) is 4. The van der Waals surface area contributed by atoms with Gasteiger partial charge in [-0.15, -0.1) is 5.10 Å². The van der Waals surface area contributed by atoms with Crippen molar-refractivity contribution in [2.45, 2.75) is 31.6 Å². The van der Waals surface area contributed by atoms with E-state index in [1.807, 2.05) is 19.9 Å². The highest BCUT2D eigenvalue weighted by molar-refractivity contribution is 7.89. The quantitative estimate of drug-likeness (QED) is 0.566. The van der Waals surface area contributed by atoms with E-state index < -0.39 is 10.0 Å². The molecule has 0 aliphatic carbocycles. The van der Waals surface area contributed by atoms with Gasteiger partial charge in [-0.1, -0.05) is 18.2 Å². The predicted octanol–water partition coefficient (Wildman–Crippen LogP) is 2.18. The molecule has 3 aromatic rings. The first kappa shape index (κ1) is 23.2. The molecule has 0 bridgehead atoms. The molecule has 2 aromatic heterocycles. The molecule has 1 N–H and O–H groups in total. The smallest absolute Gasteiger partial charge is 0.258 e. The zero-order valence-electron chi connectivity index (χ0n) is 19.1. The minimum absolute atomic E-state index is 0.138. The minimum atomic E-state index is -3.47. The highest BCUT2D eigenvalue weighted by Gasteiger charge is 2.29. The van der Waals surface area contributed by atoms with Crippen LogP contribution in [-0.2, 0) is 21.9 Å². The number of rotatable bonds is 7. The molecule has 9 nitrogen and oxygen atoms in total. The van der Waals surface area contributed by atoms with Gasteiger partial charge in [0.1, 0.15) is 0 Å². The minimum Gasteiger partial charge on any atom is -0.466 e. The van der Waals surface area contributed by atoms with Crippen molar-refractivity contribution >= 4 is 27.0 Å². The van der Waals surface area contributed by atoms with Crippen molar-refractivity contribution in [2.75, 3.05) is 26.2 Å². The van der Waals surface area contributed by atoms with E-state index in [1.165, 1.54) is 4.31 Å². The van der Waals surface area contributed by atoms with Crippen molar-refractivity contribution < 1.29 is 17.9 Å². The molecule has 0 saturated carbocycles. The van der Waals surface area contributed by atoms with Gasteiger partial charge in [-0.2, -0.15) is 4.31 Å². The van der Waals surface area contributed by atoms with Gasteiger partial charge in [0.2, 0.25) is 15.9 Å². The third-order valence-electron chi connectivity index (χ3n) is 5.97. The first-order valence-electron chi connectivity index (χ1n) is 11.0. The lowest BCUT2D eigenvalue weighted by Gasteiger charge is -2.31. The zero-order valence-corrected chi connectivity index (χ0v) is 19.9. The van der Waals surface area contributed by atoms with E-state index in [0.29, 0.717) is 43.3 Å². The van der Waals surface area contributed by atoms with Crippen molar-refractivity contribution in [3.8, 4) is 5.88 Å². The summed E-state index contributed by atoms with van der Waals surface area (Å²) >= 11 is 0. The third-order valence-corrected chi connectivity index (χ3v) is 7.88. The van der Waals surface area contributed by atoms with Gasteiger partial charge in [0.25, 0.3) is 5.91 Å². The van der Waals surface area contributed by atoms with Crippen LogP contribution in [0.25, 0.3) is 11.0 Å². The van der Waals surface area contributed by atoms with Crippen LogP contribution in [-0.4, -0.2) is 59.6 Å². The topological polar surface area (TPSA) is 106 Å². The highest BCUT2D eigenvalue weighted by Crippen LogP contribution is 2.27. The fraction of sp³-hybridized carbons (Fsp3) is 0.435. The van der Waals surface area contributed by atoms with Gasteiger partial charge >= 0.3 is 0 Å². The van der Waals surface area contributed by atoms with E-state index in [2.05, 4.69) is 15.4 Å². The summed E-state index contributed by atoms with van der Waals surface area (Å²) < 4.78 is 34.4. The van der Waals surface area contributed by atoms with Crippen molar-refractivity contribution in [3.63, 3.8) is 0 Å². The number of pyridine rings is 1. The molecule has 0 atom stereocenters. The number of carbonyl (C=O) groups excluding carboxylic acids is 1. The Morgan fingerprint density at radius 2 is 1.88 bits per heavy atom. The molecule has 3 heterocycles. The molecule has 0 radical (unpaired) electrons. The van der Waals surface area contributed by atoms with Crippen LogP contribution < -0.4 is 10.1 Å². The summed E-state index contributed by atoms with van der Waals surface area (Å²) in [7, 11) is -1.67. The first-order chi connectivity index (χ1) is 15.8. The van der Waals surface area contributed by atoms with E-state index in [-0.39, 0.29) is 18.4 Å². The molecule has 4 rings (SSSR count). The maximum Gasteiger partial charge on any atom is 0.258 e. The number of nitrogens with one attached hydrogen (secondary N) is 1. The maximum atomic E-state index is 12.7. The average Bonchev–Trinajstić information content (AvgIpc) is 3.12. The second kappa shape index (κ2) is 9.48. The monoisotopic (exact) mass is 471 g/mol. The molecule has 33 heavy (non-hydrogen) atoms. The number of aromatic nitrogens is 3. The Hall–Kier alpha value is -2.98. The number of hydrogen-bond acceptors (Lipinski definition) is 6. The van der Waals surface area contributed by atoms with E-state index in [9.17, 15) is 13.2 Å². The van der Waals surface area contributed by atoms with Crippen LogP contribution in [0.2, 0.25) is 0 Å². The highest BCUT2D eigenvalue weighted by atomic mass is 32.2. The van der Waals surface area contributed by atoms with Gasteiger partial charge < -0.3 is 10.1 Å². The number of fused-ring (bicyclic) bond motifs is 1. The molecular weight excluding hydrogens is 442 g/mol. The number of benzene rings is 1. The van der Waals surface area contributed by atoms with Crippen LogP contribution in [0.1, 0.15) is 24.1 Å². The molecule has 1 fully saturated rings. The second-order valence-electron chi connectivity index (χ2n) is 8.46. The number of hydrogen-bond donors (Lipinski definition) is 1. The number of sulfonamides is 1. The third kappa shape index (κ3) is 5.01. The second-order valence-corrected chi connectivity index (χ2v) is 10.4. The fourth-order valence-corrected chi connectivity index (χ4v) is 5.68. The van der Waals surface area contributed by atoms with Gasteiger partial charge in [0.05, 0.1) is 10.3 Å². The van der Waals surface area contributed by atoms with Crippen molar-refractivity contribution in [1.29, 1.82) is 0 Å². The van der Waals surface area contributed by atoms with Crippen LogP contribution in [0.5, 0.6) is 5.88 Å². The molecule has 1 aliphatic heterocycles. The Morgan fingerprint density at radius 1 is 1.18 bits per heavy atom. The molecule has 1 aromatic carbocycles. The van der Waals surface area contributed by atoms with Gasteiger partial charge in [0, 0.05) is 32.4 Å². The summed E-state index contributed by atoms with van der Waals surface area (Å²) in [6.45, 7) is 5.13. The SMILES string of the molecule is Cc1cc(C)c2c(OCC(=O)NCC3CCN(S(=O)(=O)c4ccccc4)CC3)nn(C)c2n1. The van der Waals surface area contributed by atoms with E-state index in [4.69, 9.17) is 4.74 Å². The van der Waals surface area contributed by atoms with Gasteiger partial charge in [-0.05, 0) is 56.4 Å². The van der Waals surface area contributed by atoms with Crippen LogP contribution >= 0.6 is 0 Å². The van der Waals surface area contributed by atoms with Gasteiger partial charge in [-0.3, -0.25) is 4.79 Å². The summed E-state index contributed by atoms with van der Waals surface area (Å²) in [4.78, 5) is 17.2. The maximum absolute atomic E-state index is 12.7. The zero-order chi connectivity index (χ0) is 23.6. The lowest BCUT2D eigenvalue weighted by atomic mass is 9.98.